The van der Waals surface area contributed by atoms with Crippen LogP contribution in [0, 0.1) is 22.0 Å². The molecule has 0 spiro atoms. The van der Waals surface area contributed by atoms with Gasteiger partial charge in [-0.05, 0) is 54.4 Å². The van der Waals surface area contributed by atoms with E-state index < -0.39 is 52.5 Å². The smallest absolute Gasteiger partial charge is 0.338 e. The highest BCUT2D eigenvalue weighted by molar-refractivity contribution is 6.25. The van der Waals surface area contributed by atoms with E-state index in [0.717, 1.165) is 29.0 Å². The van der Waals surface area contributed by atoms with Gasteiger partial charge < -0.3 is 15.0 Å². The van der Waals surface area contributed by atoms with Gasteiger partial charge in [0.1, 0.15) is 6.04 Å². The number of nitro benzene ring substituents is 1. The zero-order valence-electron chi connectivity index (χ0n) is 23.2. The van der Waals surface area contributed by atoms with E-state index in [4.69, 9.17) is 4.74 Å². The third kappa shape index (κ3) is 4.82. The van der Waals surface area contributed by atoms with Crippen LogP contribution in [0.5, 0.6) is 0 Å². The third-order valence-corrected chi connectivity index (χ3v) is 8.12. The minimum atomic E-state index is -1.04. The van der Waals surface area contributed by atoms with Gasteiger partial charge in [0, 0.05) is 23.5 Å². The number of nitrogens with one attached hydrogen (secondary N) is 1. The number of non-ortho nitro benzene ring substituents is 1. The number of anilines is 3. The quantitative estimate of drug-likeness (QED) is 0.134. The molecule has 3 aliphatic heterocycles. The van der Waals surface area contributed by atoms with Crippen molar-refractivity contribution >= 4 is 52.5 Å². The molecule has 43 heavy (non-hydrogen) atoms. The largest absolute Gasteiger partial charge is 0.462 e. The van der Waals surface area contributed by atoms with E-state index in [1.54, 1.807) is 0 Å². The molecule has 11 heteroatoms. The Bertz CT molecular complexity index is 1650. The molecule has 0 aromatic heterocycles. The molecule has 2 fully saturated rings. The number of fused-ring (bicyclic) bond motifs is 5. The Balaban J connectivity index is 1.32. The normalized spacial score (nSPS) is 21.7. The molecule has 0 unspecified atom stereocenters. The minimum Gasteiger partial charge on any atom is -0.462 e. The number of hydrogen-bond acceptors (Lipinski definition) is 8. The summed E-state index contributed by atoms with van der Waals surface area (Å²) < 4.78 is 5.25. The average molecular weight is 581 g/mol. The predicted molar refractivity (Wildman–Crippen MR) is 158 cm³/mol. The van der Waals surface area contributed by atoms with E-state index in [9.17, 15) is 29.3 Å². The molecule has 0 radical (unpaired) electrons. The van der Waals surface area contributed by atoms with Crippen molar-refractivity contribution in [3.8, 4) is 0 Å². The molecule has 3 aromatic rings. The van der Waals surface area contributed by atoms with Crippen LogP contribution in [-0.4, -0.2) is 47.3 Å². The zero-order chi connectivity index (χ0) is 30.2. The lowest BCUT2D eigenvalue weighted by Crippen LogP contribution is -2.50. The minimum absolute atomic E-state index is 0.124. The number of ether oxygens (including phenoxy) is 1. The van der Waals surface area contributed by atoms with E-state index in [1.807, 2.05) is 48.2 Å². The Morgan fingerprint density at radius 1 is 0.953 bits per heavy atom. The van der Waals surface area contributed by atoms with Crippen molar-refractivity contribution in [1.82, 2.24) is 0 Å². The molecule has 4 atom stereocenters. The first-order valence-electron chi connectivity index (χ1n) is 14.1. The Morgan fingerprint density at radius 2 is 1.65 bits per heavy atom. The lowest BCUT2D eigenvalue weighted by Gasteiger charge is -2.36. The molecule has 6 rings (SSSR count). The molecule has 11 nitrogen and oxygen atoms in total. The lowest BCUT2D eigenvalue weighted by molar-refractivity contribution is -0.384. The summed E-state index contributed by atoms with van der Waals surface area (Å²) in [6, 6.07) is 17.4. The monoisotopic (exact) mass is 580 g/mol. The van der Waals surface area contributed by atoms with Crippen molar-refractivity contribution in [1.29, 1.82) is 0 Å². The number of nitro groups is 1. The van der Waals surface area contributed by atoms with E-state index in [2.05, 4.69) is 5.32 Å². The maximum absolute atomic E-state index is 14.0. The molecule has 3 aromatic carbocycles. The van der Waals surface area contributed by atoms with Gasteiger partial charge in [-0.2, -0.15) is 0 Å². The molecular weight excluding hydrogens is 552 g/mol. The topological polar surface area (TPSA) is 139 Å². The summed E-state index contributed by atoms with van der Waals surface area (Å²) in [5.74, 6) is -3.77. The zero-order valence-corrected chi connectivity index (χ0v) is 23.2. The van der Waals surface area contributed by atoms with Crippen LogP contribution < -0.4 is 15.1 Å². The van der Waals surface area contributed by atoms with Gasteiger partial charge in [0.25, 0.3) is 5.69 Å². The van der Waals surface area contributed by atoms with Crippen LogP contribution in [0.2, 0.25) is 0 Å². The number of unbranched alkanes of at least 4 members (excludes halogenated alkanes) is 1. The Labute approximate surface area is 246 Å². The van der Waals surface area contributed by atoms with E-state index in [-0.39, 0.29) is 5.69 Å². The molecule has 0 saturated carbocycles. The average Bonchev–Trinajstić information content (AvgIpc) is 3.50. The molecule has 1 N–H and O–H groups in total. The van der Waals surface area contributed by atoms with Crippen molar-refractivity contribution in [2.24, 2.45) is 11.8 Å². The summed E-state index contributed by atoms with van der Waals surface area (Å²) in [6.07, 6.45) is 5.38. The summed E-state index contributed by atoms with van der Waals surface area (Å²) in [5.41, 5.74) is 2.39. The van der Waals surface area contributed by atoms with Crippen LogP contribution in [-0.2, 0) is 19.1 Å². The Kier molecular flexibility index (Phi) is 7.22. The second-order valence-electron chi connectivity index (χ2n) is 10.7. The summed E-state index contributed by atoms with van der Waals surface area (Å²) in [4.78, 5) is 67.7. The van der Waals surface area contributed by atoms with Crippen molar-refractivity contribution in [2.45, 2.75) is 31.8 Å². The van der Waals surface area contributed by atoms with Gasteiger partial charge >= 0.3 is 5.97 Å². The SMILES string of the molecule is CCCCOC(=O)c1ccc(N2C(=O)[C@@H]3[C@H](C2=O)[C@@H](C(=O)Nc2ccc([N+](=O)[O-])cc2)N2c4ccccc4C=C[C@H]32)cc1. The number of nitrogens with zero attached hydrogens (tertiary/aromatic N) is 3. The van der Waals surface area contributed by atoms with Gasteiger partial charge in [-0.15, -0.1) is 0 Å². The highest BCUT2D eigenvalue weighted by atomic mass is 16.6. The van der Waals surface area contributed by atoms with Gasteiger partial charge in [-0.25, -0.2) is 9.69 Å². The molecule has 3 aliphatic rings. The van der Waals surface area contributed by atoms with Gasteiger partial charge in [-0.3, -0.25) is 24.5 Å². The number of hydrogen-bond donors (Lipinski definition) is 1. The summed E-state index contributed by atoms with van der Waals surface area (Å²) in [5, 5.41) is 13.9. The number of rotatable bonds is 8. The van der Waals surface area contributed by atoms with Crippen LogP contribution in [0.3, 0.4) is 0 Å². The molecule has 218 valence electrons. The molecule has 3 amide bonds. The van der Waals surface area contributed by atoms with Crippen LogP contribution in [0.1, 0.15) is 35.7 Å². The molecule has 0 bridgehead atoms. The molecule has 0 aliphatic carbocycles. The number of amides is 3. The van der Waals surface area contributed by atoms with Crippen LogP contribution in [0.4, 0.5) is 22.7 Å². The van der Waals surface area contributed by atoms with Crippen LogP contribution in [0.15, 0.2) is 78.9 Å². The summed E-state index contributed by atoms with van der Waals surface area (Å²) >= 11 is 0. The van der Waals surface area contributed by atoms with E-state index in [1.165, 1.54) is 48.5 Å². The molecule has 3 heterocycles. The fourth-order valence-electron chi connectivity index (χ4n) is 6.09. The first-order chi connectivity index (χ1) is 20.8. The number of carbonyl (C=O) groups excluding carboxylic acids is 4. The summed E-state index contributed by atoms with van der Waals surface area (Å²) in [7, 11) is 0. The second kappa shape index (κ2) is 11.2. The standard InChI is InChI=1S/C32H28N4O7/c1-2-3-18-43-32(40)20-8-13-22(14-9-20)34-30(38)26-25-17-10-19-6-4-5-7-24(19)35(25)28(27(26)31(34)39)29(37)33-21-11-15-23(16-12-21)36(41)42/h4-17,25-28H,2-3,18H2,1H3,(H,33,37)/t25-,26+,27+,28+/m1/s1. The van der Waals surface area contributed by atoms with Crippen molar-refractivity contribution in [3.63, 3.8) is 0 Å². The Morgan fingerprint density at radius 3 is 2.35 bits per heavy atom. The van der Waals surface area contributed by atoms with E-state index >= 15 is 0 Å². The van der Waals surface area contributed by atoms with Crippen molar-refractivity contribution in [2.75, 3.05) is 21.7 Å². The van der Waals surface area contributed by atoms with Crippen LogP contribution in [0.25, 0.3) is 6.08 Å². The predicted octanol–water partition coefficient (Wildman–Crippen LogP) is 4.58. The second-order valence-corrected chi connectivity index (χ2v) is 10.7. The fraction of sp³-hybridized carbons (Fsp3) is 0.250. The number of para-hydroxylation sites is 1. The number of benzene rings is 3. The van der Waals surface area contributed by atoms with Crippen molar-refractivity contribution in [3.05, 3.63) is 100 Å². The van der Waals surface area contributed by atoms with E-state index in [0.29, 0.717) is 23.5 Å². The third-order valence-electron chi connectivity index (χ3n) is 8.12. The first-order valence-corrected chi connectivity index (χ1v) is 14.1. The number of imide groups is 1. The lowest BCUT2D eigenvalue weighted by atomic mass is 9.88. The van der Waals surface area contributed by atoms with Gasteiger partial charge in [0.2, 0.25) is 17.7 Å². The van der Waals surface area contributed by atoms with Crippen molar-refractivity contribution < 1.29 is 28.8 Å². The molecular formula is C32H28N4O7. The molecule has 2 saturated heterocycles. The van der Waals surface area contributed by atoms with Gasteiger partial charge in [0.15, 0.2) is 0 Å². The highest BCUT2D eigenvalue weighted by Gasteiger charge is 2.64. The number of esters is 1. The number of carbonyl (C=O) groups is 4. The van der Waals surface area contributed by atoms with Crippen LogP contribution >= 0.6 is 0 Å². The summed E-state index contributed by atoms with van der Waals surface area (Å²) in [6.45, 7) is 2.30. The van der Waals surface area contributed by atoms with Gasteiger partial charge in [0.05, 0.1) is 40.7 Å². The highest BCUT2D eigenvalue weighted by Crippen LogP contribution is 2.49. The Hall–Kier alpha value is -5.32. The first kappa shape index (κ1) is 27.8. The maximum Gasteiger partial charge on any atom is 0.338 e. The maximum atomic E-state index is 14.0. The van der Waals surface area contributed by atoms with Gasteiger partial charge in [-0.1, -0.05) is 43.7 Å². The fourth-order valence-corrected chi connectivity index (χ4v) is 6.09.